The summed E-state index contributed by atoms with van der Waals surface area (Å²) in [4.78, 5) is 0. The minimum atomic E-state index is 0.215. The Kier molecular flexibility index (Phi) is 3.86. The monoisotopic (exact) mass is 325 g/mol. The predicted molar refractivity (Wildman–Crippen MR) is 89.0 cm³/mol. The molecule has 0 aliphatic rings. The van der Waals surface area contributed by atoms with Crippen molar-refractivity contribution in [3.8, 4) is 0 Å². The fourth-order valence-electron chi connectivity index (χ4n) is 2.57. The van der Waals surface area contributed by atoms with Gasteiger partial charge < -0.3 is 5.32 Å². The highest BCUT2D eigenvalue weighted by molar-refractivity contribution is 9.10. The van der Waals surface area contributed by atoms with Crippen LogP contribution in [0.4, 0.5) is 0 Å². The summed E-state index contributed by atoms with van der Waals surface area (Å²) in [6.45, 7) is 0. The molecule has 0 spiro atoms. The van der Waals surface area contributed by atoms with Gasteiger partial charge in [-0.25, -0.2) is 0 Å². The van der Waals surface area contributed by atoms with Crippen LogP contribution in [0, 0.1) is 0 Å². The standard InChI is InChI=1S/C18H16BrN/c1-20-18(14-8-10-17(19)11-9-14)16-7-6-13-4-2-3-5-15(13)12-16/h2-12,18,20H,1H3. The molecule has 0 bridgehead atoms. The molecule has 0 saturated heterocycles. The van der Waals surface area contributed by atoms with Crippen LogP contribution in [0.15, 0.2) is 71.2 Å². The van der Waals surface area contributed by atoms with Crippen molar-refractivity contribution in [2.24, 2.45) is 0 Å². The number of rotatable bonds is 3. The van der Waals surface area contributed by atoms with Gasteiger partial charge in [-0.05, 0) is 47.1 Å². The van der Waals surface area contributed by atoms with Crippen LogP contribution in [-0.2, 0) is 0 Å². The van der Waals surface area contributed by atoms with Crippen molar-refractivity contribution >= 4 is 26.7 Å². The van der Waals surface area contributed by atoms with Gasteiger partial charge in [0, 0.05) is 4.47 Å². The summed E-state index contributed by atoms with van der Waals surface area (Å²) >= 11 is 3.48. The first-order chi connectivity index (χ1) is 9.78. The Balaban J connectivity index is 2.04. The molecule has 3 aromatic rings. The van der Waals surface area contributed by atoms with Gasteiger partial charge in [-0.15, -0.1) is 0 Å². The molecule has 1 unspecified atom stereocenters. The third kappa shape index (κ3) is 2.62. The number of hydrogen-bond donors (Lipinski definition) is 1. The Labute approximate surface area is 127 Å². The topological polar surface area (TPSA) is 12.0 Å². The number of fused-ring (bicyclic) bond motifs is 1. The highest BCUT2D eigenvalue weighted by atomic mass is 79.9. The van der Waals surface area contributed by atoms with Gasteiger partial charge in [0.05, 0.1) is 6.04 Å². The maximum atomic E-state index is 3.48. The molecule has 0 fully saturated rings. The fraction of sp³-hybridized carbons (Fsp3) is 0.111. The summed E-state index contributed by atoms with van der Waals surface area (Å²) in [5, 5.41) is 5.96. The SMILES string of the molecule is CNC(c1ccc(Br)cc1)c1ccc2ccccc2c1. The van der Waals surface area contributed by atoms with Gasteiger partial charge in [-0.1, -0.05) is 64.5 Å². The first kappa shape index (κ1) is 13.3. The smallest absolute Gasteiger partial charge is 0.0574 e. The minimum Gasteiger partial charge on any atom is -0.309 e. The van der Waals surface area contributed by atoms with Gasteiger partial charge in [0.2, 0.25) is 0 Å². The Hall–Kier alpha value is -1.64. The Morgan fingerprint density at radius 2 is 1.45 bits per heavy atom. The van der Waals surface area contributed by atoms with Crippen molar-refractivity contribution in [3.05, 3.63) is 82.3 Å². The number of benzene rings is 3. The first-order valence-electron chi connectivity index (χ1n) is 6.69. The van der Waals surface area contributed by atoms with E-state index in [1.54, 1.807) is 0 Å². The molecule has 0 aliphatic carbocycles. The third-order valence-corrected chi connectivity index (χ3v) is 4.13. The molecule has 1 nitrogen and oxygen atoms in total. The fourth-order valence-corrected chi connectivity index (χ4v) is 2.83. The van der Waals surface area contributed by atoms with Crippen molar-refractivity contribution in [1.82, 2.24) is 5.32 Å². The second-order valence-electron chi connectivity index (χ2n) is 4.88. The van der Waals surface area contributed by atoms with E-state index in [9.17, 15) is 0 Å². The molecule has 1 N–H and O–H groups in total. The van der Waals surface area contributed by atoms with Crippen molar-refractivity contribution < 1.29 is 0 Å². The molecule has 3 rings (SSSR count). The van der Waals surface area contributed by atoms with E-state index in [0.717, 1.165) is 4.47 Å². The first-order valence-corrected chi connectivity index (χ1v) is 7.48. The maximum absolute atomic E-state index is 3.48. The minimum absolute atomic E-state index is 0.215. The van der Waals surface area contributed by atoms with Crippen LogP contribution in [0.25, 0.3) is 10.8 Å². The van der Waals surface area contributed by atoms with Crippen LogP contribution in [0.2, 0.25) is 0 Å². The summed E-state index contributed by atoms with van der Waals surface area (Å²) in [5.41, 5.74) is 2.56. The summed E-state index contributed by atoms with van der Waals surface area (Å²) < 4.78 is 1.11. The molecular weight excluding hydrogens is 310 g/mol. The Morgan fingerprint density at radius 1 is 0.800 bits per heavy atom. The summed E-state index contributed by atoms with van der Waals surface area (Å²) in [5.74, 6) is 0. The normalized spacial score (nSPS) is 12.5. The van der Waals surface area contributed by atoms with E-state index in [1.807, 2.05) is 7.05 Å². The van der Waals surface area contributed by atoms with Crippen LogP contribution >= 0.6 is 15.9 Å². The lowest BCUT2D eigenvalue weighted by molar-refractivity contribution is 0.692. The molecule has 1 atom stereocenters. The molecule has 0 aromatic heterocycles. The van der Waals surface area contributed by atoms with Gasteiger partial charge in [0.25, 0.3) is 0 Å². The third-order valence-electron chi connectivity index (χ3n) is 3.60. The van der Waals surface area contributed by atoms with Crippen molar-refractivity contribution in [3.63, 3.8) is 0 Å². The summed E-state index contributed by atoms with van der Waals surface area (Å²) in [6, 6.07) is 23.8. The Morgan fingerprint density at radius 3 is 2.15 bits per heavy atom. The van der Waals surface area contributed by atoms with E-state index in [0.29, 0.717) is 0 Å². The number of hydrogen-bond acceptors (Lipinski definition) is 1. The largest absolute Gasteiger partial charge is 0.309 e. The molecule has 2 heteroatoms. The second kappa shape index (κ2) is 5.78. The second-order valence-corrected chi connectivity index (χ2v) is 5.80. The number of nitrogens with one attached hydrogen (secondary N) is 1. The molecule has 0 saturated carbocycles. The van der Waals surface area contributed by atoms with Crippen LogP contribution in [0.5, 0.6) is 0 Å². The van der Waals surface area contributed by atoms with Gasteiger partial charge in [-0.3, -0.25) is 0 Å². The summed E-state index contributed by atoms with van der Waals surface area (Å²) in [6.07, 6.45) is 0. The van der Waals surface area contributed by atoms with Crippen LogP contribution < -0.4 is 5.32 Å². The zero-order valence-corrected chi connectivity index (χ0v) is 12.9. The maximum Gasteiger partial charge on any atom is 0.0574 e. The zero-order valence-electron chi connectivity index (χ0n) is 11.3. The van der Waals surface area contributed by atoms with Crippen LogP contribution in [-0.4, -0.2) is 7.05 Å². The Bertz CT molecular complexity index is 719. The highest BCUT2D eigenvalue weighted by Gasteiger charge is 2.12. The molecule has 20 heavy (non-hydrogen) atoms. The quantitative estimate of drug-likeness (QED) is 0.721. The van der Waals surface area contributed by atoms with E-state index >= 15 is 0 Å². The van der Waals surface area contributed by atoms with Crippen molar-refractivity contribution in [1.29, 1.82) is 0 Å². The highest BCUT2D eigenvalue weighted by Crippen LogP contribution is 2.26. The molecular formula is C18H16BrN. The lowest BCUT2D eigenvalue weighted by Gasteiger charge is -2.18. The van der Waals surface area contributed by atoms with Gasteiger partial charge >= 0.3 is 0 Å². The molecule has 100 valence electrons. The van der Waals surface area contributed by atoms with E-state index in [4.69, 9.17) is 0 Å². The summed E-state index contributed by atoms with van der Waals surface area (Å²) in [7, 11) is 2.00. The van der Waals surface area contributed by atoms with Gasteiger partial charge in [0.15, 0.2) is 0 Å². The van der Waals surface area contributed by atoms with Crippen molar-refractivity contribution in [2.75, 3.05) is 7.05 Å². The van der Waals surface area contributed by atoms with Gasteiger partial charge in [-0.2, -0.15) is 0 Å². The van der Waals surface area contributed by atoms with E-state index in [2.05, 4.69) is 88.0 Å². The molecule has 0 amide bonds. The average molecular weight is 326 g/mol. The zero-order chi connectivity index (χ0) is 13.9. The molecule has 0 heterocycles. The van der Waals surface area contributed by atoms with Crippen LogP contribution in [0.3, 0.4) is 0 Å². The molecule has 0 radical (unpaired) electrons. The molecule has 3 aromatic carbocycles. The van der Waals surface area contributed by atoms with E-state index in [1.165, 1.54) is 21.9 Å². The lowest BCUT2D eigenvalue weighted by Crippen LogP contribution is -2.17. The van der Waals surface area contributed by atoms with Gasteiger partial charge in [0.1, 0.15) is 0 Å². The molecule has 0 aliphatic heterocycles. The van der Waals surface area contributed by atoms with E-state index < -0.39 is 0 Å². The lowest BCUT2D eigenvalue weighted by atomic mass is 9.96. The predicted octanol–water partition coefficient (Wildman–Crippen LogP) is 4.91. The number of halogens is 1. The van der Waals surface area contributed by atoms with E-state index in [-0.39, 0.29) is 6.04 Å². The van der Waals surface area contributed by atoms with Crippen LogP contribution in [0.1, 0.15) is 17.2 Å². The van der Waals surface area contributed by atoms with Crippen molar-refractivity contribution in [2.45, 2.75) is 6.04 Å². The average Bonchev–Trinajstić information content (AvgIpc) is 2.50.